The van der Waals surface area contributed by atoms with Gasteiger partial charge in [0, 0.05) is 25.6 Å². The van der Waals surface area contributed by atoms with Crippen LogP contribution in [-0.2, 0) is 0 Å². The van der Waals surface area contributed by atoms with E-state index in [9.17, 15) is 0 Å². The summed E-state index contributed by atoms with van der Waals surface area (Å²) in [5, 5.41) is 0.553. The second-order valence-corrected chi connectivity index (χ2v) is 6.34. The number of hydrogen-bond acceptors (Lipinski definition) is 3. The number of nitrogens with zero attached hydrogens (tertiary/aromatic N) is 2. The molecular formula is C13H13ClI2N2O. The molecule has 0 radical (unpaired) electrons. The molecule has 0 aromatic carbocycles. The lowest BCUT2D eigenvalue weighted by molar-refractivity contribution is 0.305. The van der Waals surface area contributed by atoms with Gasteiger partial charge in [0.05, 0.1) is 6.61 Å². The fraction of sp³-hybridized carbons (Fsp3) is 0.231. The Morgan fingerprint density at radius 3 is 2.21 bits per heavy atom. The van der Waals surface area contributed by atoms with Crippen molar-refractivity contribution in [1.82, 2.24) is 9.97 Å². The summed E-state index contributed by atoms with van der Waals surface area (Å²) in [7, 11) is 0. The molecule has 0 aliphatic carbocycles. The van der Waals surface area contributed by atoms with Gasteiger partial charge in [-0.3, -0.25) is 0 Å². The first-order valence-corrected chi connectivity index (χ1v) is 8.16. The van der Waals surface area contributed by atoms with E-state index in [1.54, 1.807) is 12.4 Å². The molecule has 0 unspecified atom stereocenters. The summed E-state index contributed by atoms with van der Waals surface area (Å²) in [6.07, 6.45) is 4.46. The smallest absolute Gasteiger partial charge is 0.214 e. The van der Waals surface area contributed by atoms with Gasteiger partial charge >= 0.3 is 0 Å². The average Bonchev–Trinajstić information content (AvgIpc) is 2.37. The second-order valence-electron chi connectivity index (χ2n) is 3.46. The molecular weight excluding hydrogens is 489 g/mol. The predicted molar refractivity (Wildman–Crippen MR) is 94.7 cm³/mol. The molecule has 0 saturated heterocycles. The SMILES string of the molecule is CCCOc1cc(I)ccn1.Clc1cc(I)ccn1. The minimum absolute atomic E-state index is 0.553. The molecule has 0 aliphatic heterocycles. The van der Waals surface area contributed by atoms with Gasteiger partial charge in [-0.15, -0.1) is 0 Å². The van der Waals surface area contributed by atoms with Crippen LogP contribution in [0.5, 0.6) is 5.88 Å². The summed E-state index contributed by atoms with van der Waals surface area (Å²) in [6, 6.07) is 7.57. The monoisotopic (exact) mass is 502 g/mol. The number of rotatable bonds is 3. The van der Waals surface area contributed by atoms with Crippen molar-refractivity contribution in [2.45, 2.75) is 13.3 Å². The van der Waals surface area contributed by atoms with E-state index in [2.05, 4.69) is 62.1 Å². The molecule has 0 bridgehead atoms. The van der Waals surface area contributed by atoms with Crippen molar-refractivity contribution < 1.29 is 4.74 Å². The predicted octanol–water partition coefficient (Wildman–Crippen LogP) is 4.81. The first kappa shape index (κ1) is 16.9. The molecule has 2 heterocycles. The molecule has 0 spiro atoms. The lowest BCUT2D eigenvalue weighted by atomic mass is 10.5. The van der Waals surface area contributed by atoms with Crippen LogP contribution in [0.15, 0.2) is 36.7 Å². The fourth-order valence-corrected chi connectivity index (χ4v) is 2.29. The van der Waals surface area contributed by atoms with E-state index >= 15 is 0 Å². The van der Waals surface area contributed by atoms with Crippen molar-refractivity contribution in [1.29, 1.82) is 0 Å². The van der Waals surface area contributed by atoms with E-state index in [4.69, 9.17) is 16.3 Å². The van der Waals surface area contributed by atoms with Crippen molar-refractivity contribution in [3.8, 4) is 5.88 Å². The van der Waals surface area contributed by atoms with Crippen molar-refractivity contribution >= 4 is 56.8 Å². The third-order valence-corrected chi connectivity index (χ3v) is 3.39. The van der Waals surface area contributed by atoms with Gasteiger partial charge in [0.25, 0.3) is 0 Å². The Morgan fingerprint density at radius 2 is 1.74 bits per heavy atom. The van der Waals surface area contributed by atoms with Crippen molar-refractivity contribution in [2.75, 3.05) is 6.61 Å². The summed E-state index contributed by atoms with van der Waals surface area (Å²) in [5.74, 6) is 0.721. The molecule has 2 aromatic rings. The third kappa shape index (κ3) is 7.88. The molecule has 0 amide bonds. The highest BCUT2D eigenvalue weighted by Gasteiger charge is 1.93. The molecule has 2 aromatic heterocycles. The topological polar surface area (TPSA) is 35.0 Å². The second kappa shape index (κ2) is 9.71. The molecule has 19 heavy (non-hydrogen) atoms. The van der Waals surface area contributed by atoms with Gasteiger partial charge in [-0.05, 0) is 69.8 Å². The van der Waals surface area contributed by atoms with E-state index in [-0.39, 0.29) is 0 Å². The van der Waals surface area contributed by atoms with Gasteiger partial charge in [0.2, 0.25) is 5.88 Å². The van der Waals surface area contributed by atoms with E-state index in [1.165, 1.54) is 0 Å². The summed E-state index contributed by atoms with van der Waals surface area (Å²) < 4.78 is 7.59. The van der Waals surface area contributed by atoms with E-state index in [1.807, 2.05) is 24.3 Å². The lowest BCUT2D eigenvalue weighted by Gasteiger charge is -2.01. The van der Waals surface area contributed by atoms with Crippen LogP contribution in [0.3, 0.4) is 0 Å². The minimum atomic E-state index is 0.553. The van der Waals surface area contributed by atoms with Gasteiger partial charge in [-0.25, -0.2) is 9.97 Å². The molecule has 6 heteroatoms. The molecule has 0 aliphatic rings. The summed E-state index contributed by atoms with van der Waals surface area (Å²) in [6.45, 7) is 2.82. The quantitative estimate of drug-likeness (QED) is 0.446. The van der Waals surface area contributed by atoms with Crippen LogP contribution in [0.2, 0.25) is 5.15 Å². The molecule has 0 fully saturated rings. The number of aromatic nitrogens is 2. The van der Waals surface area contributed by atoms with Crippen molar-refractivity contribution in [3.05, 3.63) is 49.0 Å². The highest BCUT2D eigenvalue weighted by atomic mass is 127. The number of hydrogen-bond donors (Lipinski definition) is 0. The molecule has 3 nitrogen and oxygen atoms in total. The first-order valence-electron chi connectivity index (χ1n) is 5.63. The Kier molecular flexibility index (Phi) is 8.64. The minimum Gasteiger partial charge on any atom is -0.478 e. The van der Waals surface area contributed by atoms with E-state index in [0.717, 1.165) is 26.0 Å². The molecule has 2 rings (SSSR count). The standard InChI is InChI=1S/C8H10INO.C5H3ClIN/c1-2-5-11-8-6-7(9)3-4-10-8;6-5-3-4(7)1-2-8-5/h3-4,6H,2,5H2,1H3;1-3H. The largest absolute Gasteiger partial charge is 0.478 e. The molecule has 0 atom stereocenters. The number of pyridine rings is 2. The maximum atomic E-state index is 5.53. The Bertz CT molecular complexity index is 494. The Hall–Kier alpha value is -0.150. The zero-order chi connectivity index (χ0) is 14.1. The number of ether oxygens (including phenoxy) is 1. The molecule has 0 N–H and O–H groups in total. The highest BCUT2D eigenvalue weighted by molar-refractivity contribution is 14.1. The van der Waals surface area contributed by atoms with Crippen molar-refractivity contribution in [3.63, 3.8) is 0 Å². The van der Waals surface area contributed by atoms with Gasteiger partial charge < -0.3 is 4.74 Å². The lowest BCUT2D eigenvalue weighted by Crippen LogP contribution is -1.96. The first-order chi connectivity index (χ1) is 9.11. The maximum absolute atomic E-state index is 5.53. The summed E-state index contributed by atoms with van der Waals surface area (Å²) in [4.78, 5) is 7.85. The molecule has 0 saturated carbocycles. The summed E-state index contributed by atoms with van der Waals surface area (Å²) in [5.41, 5.74) is 0. The number of halogens is 3. The van der Waals surface area contributed by atoms with E-state index < -0.39 is 0 Å². The summed E-state index contributed by atoms with van der Waals surface area (Å²) >= 11 is 9.95. The zero-order valence-corrected chi connectivity index (χ0v) is 15.4. The van der Waals surface area contributed by atoms with Crippen LogP contribution in [0.1, 0.15) is 13.3 Å². The average molecular weight is 503 g/mol. The van der Waals surface area contributed by atoms with Crippen LogP contribution in [-0.4, -0.2) is 16.6 Å². The Labute approximate surface area is 145 Å². The van der Waals surface area contributed by atoms with E-state index in [0.29, 0.717) is 5.15 Å². The maximum Gasteiger partial charge on any atom is 0.214 e. The van der Waals surface area contributed by atoms with Crippen LogP contribution in [0.4, 0.5) is 0 Å². The van der Waals surface area contributed by atoms with Crippen LogP contribution >= 0.6 is 56.8 Å². The van der Waals surface area contributed by atoms with Gasteiger partial charge in [0.15, 0.2) is 0 Å². The highest BCUT2D eigenvalue weighted by Crippen LogP contribution is 2.11. The van der Waals surface area contributed by atoms with Gasteiger partial charge in [-0.2, -0.15) is 0 Å². The third-order valence-electron chi connectivity index (χ3n) is 1.84. The Morgan fingerprint density at radius 1 is 1.11 bits per heavy atom. The van der Waals surface area contributed by atoms with Crippen LogP contribution in [0, 0.1) is 7.14 Å². The van der Waals surface area contributed by atoms with Crippen LogP contribution < -0.4 is 4.74 Å². The van der Waals surface area contributed by atoms with Gasteiger partial charge in [0.1, 0.15) is 5.15 Å². The van der Waals surface area contributed by atoms with Crippen LogP contribution in [0.25, 0.3) is 0 Å². The Balaban J connectivity index is 0.000000200. The normalized spacial score (nSPS) is 9.47. The zero-order valence-electron chi connectivity index (χ0n) is 10.3. The van der Waals surface area contributed by atoms with Gasteiger partial charge in [-0.1, -0.05) is 18.5 Å². The van der Waals surface area contributed by atoms with Crippen molar-refractivity contribution in [2.24, 2.45) is 0 Å². The fourth-order valence-electron chi connectivity index (χ4n) is 1.05. The molecule has 102 valence electrons.